The van der Waals surface area contributed by atoms with E-state index in [0.29, 0.717) is 44.0 Å². The van der Waals surface area contributed by atoms with E-state index >= 15 is 0 Å². The number of benzene rings is 1. The van der Waals surface area contributed by atoms with Crippen molar-refractivity contribution in [2.45, 2.75) is 19.4 Å². The topological polar surface area (TPSA) is 106 Å². The smallest absolute Gasteiger partial charge is 0.292 e. The molecule has 9 heteroatoms. The van der Waals surface area contributed by atoms with Gasteiger partial charge in [-0.1, -0.05) is 18.2 Å². The van der Waals surface area contributed by atoms with E-state index in [0.717, 1.165) is 5.56 Å². The van der Waals surface area contributed by atoms with E-state index in [2.05, 4.69) is 15.4 Å². The standard InChI is InChI=1S/C21H22N6O3/c28-21(23-15-17-5-3-10-22-20(17)26-12-4-11-24-26)16-8-13-25(14-9-16)18-6-1-2-7-19(18)27(29)30/h1-7,10-12,16H,8-9,13-15H2,(H,23,28). The van der Waals surface area contributed by atoms with Gasteiger partial charge in [0.25, 0.3) is 5.69 Å². The average molecular weight is 406 g/mol. The van der Waals surface area contributed by atoms with Gasteiger partial charge in [0.15, 0.2) is 5.82 Å². The molecule has 2 aromatic heterocycles. The van der Waals surface area contributed by atoms with Crippen LogP contribution in [0.25, 0.3) is 5.82 Å². The Balaban J connectivity index is 1.36. The highest BCUT2D eigenvalue weighted by Gasteiger charge is 2.28. The fraction of sp³-hybridized carbons (Fsp3) is 0.286. The normalized spacial score (nSPS) is 14.5. The molecule has 154 valence electrons. The summed E-state index contributed by atoms with van der Waals surface area (Å²) in [5, 5.41) is 18.5. The highest BCUT2D eigenvalue weighted by atomic mass is 16.6. The number of nitrogens with zero attached hydrogens (tertiary/aromatic N) is 5. The maximum Gasteiger partial charge on any atom is 0.292 e. The van der Waals surface area contributed by atoms with Crippen LogP contribution in [0.1, 0.15) is 18.4 Å². The lowest BCUT2D eigenvalue weighted by Crippen LogP contribution is -2.40. The second kappa shape index (κ2) is 8.73. The maximum absolute atomic E-state index is 12.7. The number of hydrogen-bond donors (Lipinski definition) is 1. The maximum atomic E-state index is 12.7. The summed E-state index contributed by atoms with van der Waals surface area (Å²) in [6.45, 7) is 1.58. The van der Waals surface area contributed by atoms with E-state index in [1.54, 1.807) is 35.3 Å². The quantitative estimate of drug-likeness (QED) is 0.498. The summed E-state index contributed by atoms with van der Waals surface area (Å²) < 4.78 is 1.67. The lowest BCUT2D eigenvalue weighted by Gasteiger charge is -2.32. The molecule has 1 aliphatic rings. The Morgan fingerprint density at radius 3 is 2.67 bits per heavy atom. The van der Waals surface area contributed by atoms with Crippen molar-refractivity contribution in [2.75, 3.05) is 18.0 Å². The van der Waals surface area contributed by atoms with Crippen LogP contribution in [0.15, 0.2) is 61.1 Å². The molecule has 3 aromatic rings. The second-order valence-electron chi connectivity index (χ2n) is 7.16. The van der Waals surface area contributed by atoms with Gasteiger partial charge in [0.2, 0.25) is 5.91 Å². The SMILES string of the molecule is O=C(NCc1cccnc1-n1cccn1)C1CCN(c2ccccc2[N+](=O)[O-])CC1. The molecule has 30 heavy (non-hydrogen) atoms. The summed E-state index contributed by atoms with van der Waals surface area (Å²) in [6.07, 6.45) is 6.49. The third-order valence-corrected chi connectivity index (χ3v) is 5.33. The van der Waals surface area contributed by atoms with Crippen molar-refractivity contribution in [2.24, 2.45) is 5.92 Å². The number of hydrogen-bond acceptors (Lipinski definition) is 6. The number of piperidine rings is 1. The largest absolute Gasteiger partial charge is 0.366 e. The molecular weight excluding hydrogens is 384 g/mol. The number of aromatic nitrogens is 3. The van der Waals surface area contributed by atoms with Crippen molar-refractivity contribution in [3.05, 3.63) is 76.7 Å². The number of para-hydroxylation sites is 2. The van der Waals surface area contributed by atoms with Crippen LogP contribution >= 0.6 is 0 Å². The van der Waals surface area contributed by atoms with Crippen LogP contribution in [0.3, 0.4) is 0 Å². The molecule has 1 aliphatic heterocycles. The van der Waals surface area contributed by atoms with Gasteiger partial charge in [0, 0.05) is 55.8 Å². The van der Waals surface area contributed by atoms with Crippen LogP contribution in [-0.2, 0) is 11.3 Å². The fourth-order valence-corrected chi connectivity index (χ4v) is 3.76. The molecule has 0 radical (unpaired) electrons. The molecule has 0 aliphatic carbocycles. The number of nitrogens with one attached hydrogen (secondary N) is 1. The first-order valence-corrected chi connectivity index (χ1v) is 9.83. The molecule has 3 heterocycles. The van der Waals surface area contributed by atoms with Crippen LogP contribution in [-0.4, -0.2) is 38.7 Å². The Morgan fingerprint density at radius 2 is 1.93 bits per heavy atom. The fourth-order valence-electron chi connectivity index (χ4n) is 3.76. The Morgan fingerprint density at radius 1 is 1.13 bits per heavy atom. The summed E-state index contributed by atoms with van der Waals surface area (Å²) in [6, 6.07) is 12.3. The summed E-state index contributed by atoms with van der Waals surface area (Å²) in [5.74, 6) is 0.565. The molecule has 4 rings (SSSR count). The molecule has 0 saturated carbocycles. The van der Waals surface area contributed by atoms with E-state index in [1.165, 1.54) is 6.07 Å². The first kappa shape index (κ1) is 19.6. The third-order valence-electron chi connectivity index (χ3n) is 5.33. The highest BCUT2D eigenvalue weighted by Crippen LogP contribution is 2.31. The molecule has 0 spiro atoms. The number of carbonyl (C=O) groups excluding carboxylic acids is 1. The van der Waals surface area contributed by atoms with E-state index in [9.17, 15) is 14.9 Å². The molecule has 1 N–H and O–H groups in total. The Labute approximate surface area is 173 Å². The lowest BCUT2D eigenvalue weighted by molar-refractivity contribution is -0.384. The molecule has 0 atom stereocenters. The molecular formula is C21H22N6O3. The first-order chi connectivity index (χ1) is 14.6. The van der Waals surface area contributed by atoms with Crippen molar-refractivity contribution in [1.29, 1.82) is 0 Å². The summed E-state index contributed by atoms with van der Waals surface area (Å²) in [4.78, 5) is 30.0. The molecule has 1 aromatic carbocycles. The third kappa shape index (κ3) is 4.14. The number of anilines is 1. The number of amides is 1. The Kier molecular flexibility index (Phi) is 5.69. The van der Waals surface area contributed by atoms with Crippen LogP contribution in [0.2, 0.25) is 0 Å². The number of carbonyl (C=O) groups is 1. The summed E-state index contributed by atoms with van der Waals surface area (Å²) >= 11 is 0. The minimum Gasteiger partial charge on any atom is -0.366 e. The van der Waals surface area contributed by atoms with Gasteiger partial charge < -0.3 is 10.2 Å². The second-order valence-corrected chi connectivity index (χ2v) is 7.16. The molecule has 1 amide bonds. The minimum absolute atomic E-state index is 0.00696. The van der Waals surface area contributed by atoms with Crippen LogP contribution in [0.4, 0.5) is 11.4 Å². The zero-order chi connectivity index (χ0) is 20.9. The Hall–Kier alpha value is -3.75. The number of nitro groups is 1. The molecule has 1 saturated heterocycles. The van der Waals surface area contributed by atoms with Gasteiger partial charge in [-0.3, -0.25) is 14.9 Å². The number of pyridine rings is 1. The van der Waals surface area contributed by atoms with Crippen molar-refractivity contribution in [1.82, 2.24) is 20.1 Å². The minimum atomic E-state index is -0.362. The first-order valence-electron chi connectivity index (χ1n) is 9.83. The molecule has 9 nitrogen and oxygen atoms in total. The van der Waals surface area contributed by atoms with E-state index < -0.39 is 0 Å². The zero-order valence-electron chi connectivity index (χ0n) is 16.3. The van der Waals surface area contributed by atoms with Crippen LogP contribution in [0.5, 0.6) is 0 Å². The van der Waals surface area contributed by atoms with E-state index in [-0.39, 0.29) is 22.4 Å². The number of rotatable bonds is 6. The lowest BCUT2D eigenvalue weighted by atomic mass is 9.95. The summed E-state index contributed by atoms with van der Waals surface area (Å²) in [5.41, 5.74) is 1.59. The van der Waals surface area contributed by atoms with Gasteiger partial charge in [-0.15, -0.1) is 0 Å². The van der Waals surface area contributed by atoms with Crippen LogP contribution in [0, 0.1) is 16.0 Å². The zero-order valence-corrected chi connectivity index (χ0v) is 16.3. The van der Waals surface area contributed by atoms with E-state index in [1.807, 2.05) is 29.3 Å². The van der Waals surface area contributed by atoms with Gasteiger partial charge in [-0.05, 0) is 31.0 Å². The predicted molar refractivity (Wildman–Crippen MR) is 111 cm³/mol. The Bertz CT molecular complexity index is 1030. The van der Waals surface area contributed by atoms with Crippen molar-refractivity contribution < 1.29 is 9.72 Å². The van der Waals surface area contributed by atoms with Crippen molar-refractivity contribution >= 4 is 17.3 Å². The van der Waals surface area contributed by atoms with Gasteiger partial charge >= 0.3 is 0 Å². The predicted octanol–water partition coefficient (Wildman–Crippen LogP) is 2.71. The average Bonchev–Trinajstić information content (AvgIpc) is 3.32. The van der Waals surface area contributed by atoms with Crippen LogP contribution < -0.4 is 10.2 Å². The molecule has 0 bridgehead atoms. The van der Waals surface area contributed by atoms with Gasteiger partial charge in [-0.2, -0.15) is 5.10 Å². The van der Waals surface area contributed by atoms with E-state index in [4.69, 9.17) is 0 Å². The van der Waals surface area contributed by atoms with Crippen molar-refractivity contribution in [3.63, 3.8) is 0 Å². The van der Waals surface area contributed by atoms with Gasteiger partial charge in [-0.25, -0.2) is 9.67 Å². The highest BCUT2D eigenvalue weighted by molar-refractivity contribution is 5.79. The van der Waals surface area contributed by atoms with Gasteiger partial charge in [0.05, 0.1) is 4.92 Å². The summed E-state index contributed by atoms with van der Waals surface area (Å²) in [7, 11) is 0. The van der Waals surface area contributed by atoms with Gasteiger partial charge in [0.1, 0.15) is 5.69 Å². The molecule has 0 unspecified atom stereocenters. The van der Waals surface area contributed by atoms with Crippen molar-refractivity contribution in [3.8, 4) is 5.82 Å². The molecule has 1 fully saturated rings. The monoisotopic (exact) mass is 406 g/mol. The number of nitro benzene ring substituents is 1.